The highest BCUT2D eigenvalue weighted by molar-refractivity contribution is 6.33. The van der Waals surface area contributed by atoms with Crippen LogP contribution in [-0.2, 0) is 0 Å². The van der Waals surface area contributed by atoms with Crippen molar-refractivity contribution in [2.75, 3.05) is 0 Å². The van der Waals surface area contributed by atoms with Gasteiger partial charge in [-0.1, -0.05) is 23.2 Å². The summed E-state index contributed by atoms with van der Waals surface area (Å²) in [5, 5.41) is 0.788. The molecule has 0 saturated carbocycles. The molecule has 2 aromatic carbocycles. The van der Waals surface area contributed by atoms with Gasteiger partial charge in [-0.15, -0.1) is 0 Å². The molecule has 0 fully saturated rings. The van der Waals surface area contributed by atoms with Gasteiger partial charge in [0.05, 0.1) is 11.0 Å². The van der Waals surface area contributed by atoms with Crippen molar-refractivity contribution in [2.24, 2.45) is 0 Å². The highest BCUT2D eigenvalue weighted by atomic mass is 35.5. The summed E-state index contributed by atoms with van der Waals surface area (Å²) in [6, 6.07) is 6.36. The molecule has 0 unspecified atom stereocenters. The van der Waals surface area contributed by atoms with Crippen LogP contribution in [0.4, 0.5) is 0 Å². The molecule has 0 spiro atoms. The number of nitrogens with one attached hydrogen (secondary N) is 2. The molecular weight excluding hydrogens is 331 g/mol. The van der Waals surface area contributed by atoms with Crippen molar-refractivity contribution in [2.45, 2.75) is 0 Å². The van der Waals surface area contributed by atoms with Crippen molar-refractivity contribution in [3.63, 3.8) is 0 Å². The van der Waals surface area contributed by atoms with E-state index in [1.54, 1.807) is 24.3 Å². The first-order chi connectivity index (χ1) is 10.5. The first-order valence-electron chi connectivity index (χ1n) is 6.16. The summed E-state index contributed by atoms with van der Waals surface area (Å²) >= 11 is 12.2. The molecule has 0 saturated heterocycles. The zero-order valence-electron chi connectivity index (χ0n) is 10.7. The standard InChI is InChI=1S/C14H6Cl2N2O4/c15-5-1-7(11-9(3-5)17-13(19)21-11)8-2-6(16)4-10-12(8)22-14(20)18-10/h1-4H,(H,17,19)(H,18,20). The summed E-state index contributed by atoms with van der Waals surface area (Å²) in [6.45, 7) is 0. The Balaban J connectivity index is 2.19. The molecule has 2 N–H and O–H groups in total. The minimum absolute atomic E-state index is 0.307. The Kier molecular flexibility index (Phi) is 2.72. The third kappa shape index (κ3) is 1.96. The fourth-order valence-electron chi connectivity index (χ4n) is 2.45. The molecule has 0 aliphatic heterocycles. The van der Waals surface area contributed by atoms with Crippen LogP contribution in [0.15, 0.2) is 42.7 Å². The normalized spacial score (nSPS) is 11.5. The molecule has 0 bridgehead atoms. The molecule has 8 heteroatoms. The average molecular weight is 337 g/mol. The Bertz CT molecular complexity index is 1060. The molecule has 2 aromatic heterocycles. The van der Waals surface area contributed by atoms with Crippen molar-refractivity contribution in [3.8, 4) is 11.1 Å². The minimum atomic E-state index is -0.604. The average Bonchev–Trinajstić information content (AvgIpc) is 2.97. The highest BCUT2D eigenvalue weighted by Crippen LogP contribution is 2.36. The van der Waals surface area contributed by atoms with Crippen LogP contribution in [-0.4, -0.2) is 9.97 Å². The van der Waals surface area contributed by atoms with E-state index in [1.165, 1.54) is 0 Å². The molecule has 0 radical (unpaired) electrons. The van der Waals surface area contributed by atoms with E-state index in [0.29, 0.717) is 43.4 Å². The molecule has 0 aliphatic rings. The summed E-state index contributed by atoms with van der Waals surface area (Å²) in [5.74, 6) is -1.21. The van der Waals surface area contributed by atoms with Crippen LogP contribution in [0.1, 0.15) is 0 Å². The zero-order chi connectivity index (χ0) is 15.4. The fraction of sp³-hybridized carbons (Fsp3) is 0. The molecule has 4 aromatic rings. The van der Waals surface area contributed by atoms with Crippen molar-refractivity contribution in [1.82, 2.24) is 9.97 Å². The maximum Gasteiger partial charge on any atom is 0.417 e. The van der Waals surface area contributed by atoms with Gasteiger partial charge in [0.2, 0.25) is 0 Å². The lowest BCUT2D eigenvalue weighted by atomic mass is 10.0. The lowest BCUT2D eigenvalue weighted by Gasteiger charge is -2.04. The highest BCUT2D eigenvalue weighted by Gasteiger charge is 2.17. The van der Waals surface area contributed by atoms with Gasteiger partial charge in [-0.05, 0) is 24.3 Å². The van der Waals surface area contributed by atoms with Gasteiger partial charge < -0.3 is 8.83 Å². The van der Waals surface area contributed by atoms with Crippen molar-refractivity contribution in [3.05, 3.63) is 55.4 Å². The smallest absolute Gasteiger partial charge is 0.407 e. The van der Waals surface area contributed by atoms with Gasteiger partial charge in [-0.2, -0.15) is 0 Å². The van der Waals surface area contributed by atoms with Crippen LogP contribution in [0.25, 0.3) is 33.3 Å². The number of rotatable bonds is 1. The second-order valence-corrected chi connectivity index (χ2v) is 5.56. The zero-order valence-corrected chi connectivity index (χ0v) is 12.2. The number of fused-ring (bicyclic) bond motifs is 2. The van der Waals surface area contributed by atoms with Gasteiger partial charge in [0.25, 0.3) is 0 Å². The first-order valence-corrected chi connectivity index (χ1v) is 6.92. The number of aromatic nitrogens is 2. The Morgan fingerprint density at radius 1 is 0.727 bits per heavy atom. The number of H-pyrrole nitrogens is 2. The van der Waals surface area contributed by atoms with Crippen LogP contribution in [0, 0.1) is 0 Å². The summed E-state index contributed by atoms with van der Waals surface area (Å²) < 4.78 is 10.3. The SMILES string of the molecule is O=c1[nH]c2cc(Cl)cc(-c3cc(Cl)cc4[nH]c(=O)oc34)c2o1. The number of benzene rings is 2. The van der Waals surface area contributed by atoms with E-state index in [-0.39, 0.29) is 0 Å². The quantitative estimate of drug-likeness (QED) is 0.556. The Morgan fingerprint density at radius 2 is 1.14 bits per heavy atom. The Labute approximate surface area is 131 Å². The predicted octanol–water partition coefficient (Wildman–Crippen LogP) is 3.53. The second-order valence-electron chi connectivity index (χ2n) is 4.69. The van der Waals surface area contributed by atoms with Crippen LogP contribution < -0.4 is 11.5 Å². The summed E-state index contributed by atoms with van der Waals surface area (Å²) in [4.78, 5) is 28.0. The number of halogens is 2. The molecule has 22 heavy (non-hydrogen) atoms. The molecule has 2 heterocycles. The van der Waals surface area contributed by atoms with Crippen molar-refractivity contribution >= 4 is 45.4 Å². The number of hydrogen-bond donors (Lipinski definition) is 2. The van der Waals surface area contributed by atoms with Gasteiger partial charge in [0.15, 0.2) is 11.2 Å². The summed E-state index contributed by atoms with van der Waals surface area (Å²) in [6.07, 6.45) is 0. The van der Waals surface area contributed by atoms with Crippen molar-refractivity contribution < 1.29 is 8.83 Å². The maximum atomic E-state index is 11.4. The molecule has 0 aliphatic carbocycles. The van der Waals surface area contributed by atoms with Gasteiger partial charge in [-0.25, -0.2) is 9.59 Å². The summed E-state index contributed by atoms with van der Waals surface area (Å²) in [7, 11) is 0. The topological polar surface area (TPSA) is 92.0 Å². The van der Waals surface area contributed by atoms with E-state index >= 15 is 0 Å². The van der Waals surface area contributed by atoms with Gasteiger partial charge in [0, 0.05) is 21.2 Å². The third-order valence-corrected chi connectivity index (χ3v) is 3.70. The van der Waals surface area contributed by atoms with E-state index in [9.17, 15) is 9.59 Å². The van der Waals surface area contributed by atoms with Gasteiger partial charge in [0.1, 0.15) is 0 Å². The first kappa shape index (κ1) is 13.2. The van der Waals surface area contributed by atoms with E-state index < -0.39 is 11.5 Å². The van der Waals surface area contributed by atoms with Crippen LogP contribution in [0.5, 0.6) is 0 Å². The minimum Gasteiger partial charge on any atom is -0.407 e. The molecule has 4 rings (SSSR count). The van der Waals surface area contributed by atoms with E-state index in [0.717, 1.165) is 0 Å². The van der Waals surface area contributed by atoms with E-state index in [1.807, 2.05) is 0 Å². The molecule has 110 valence electrons. The molecule has 6 nitrogen and oxygen atoms in total. The summed E-state index contributed by atoms with van der Waals surface area (Å²) in [5.41, 5.74) is 2.49. The maximum absolute atomic E-state index is 11.4. The largest absolute Gasteiger partial charge is 0.417 e. The number of aromatic amines is 2. The van der Waals surface area contributed by atoms with E-state index in [4.69, 9.17) is 32.0 Å². The monoisotopic (exact) mass is 336 g/mol. The van der Waals surface area contributed by atoms with Gasteiger partial charge in [-0.3, -0.25) is 9.97 Å². The molecule has 0 atom stereocenters. The second kappa shape index (κ2) is 4.53. The predicted molar refractivity (Wildman–Crippen MR) is 82.7 cm³/mol. The lowest BCUT2D eigenvalue weighted by Crippen LogP contribution is -1.92. The number of oxazole rings is 2. The van der Waals surface area contributed by atoms with Crippen LogP contribution >= 0.6 is 23.2 Å². The molecular formula is C14H6Cl2N2O4. The van der Waals surface area contributed by atoms with E-state index in [2.05, 4.69) is 9.97 Å². The van der Waals surface area contributed by atoms with Gasteiger partial charge >= 0.3 is 11.5 Å². The van der Waals surface area contributed by atoms with Crippen LogP contribution in [0.2, 0.25) is 10.0 Å². The lowest BCUT2D eigenvalue weighted by molar-refractivity contribution is 0.552. The third-order valence-electron chi connectivity index (χ3n) is 3.26. The Hall–Kier alpha value is -2.44. The number of hydrogen-bond acceptors (Lipinski definition) is 4. The van der Waals surface area contributed by atoms with Crippen LogP contribution in [0.3, 0.4) is 0 Å². The fourth-order valence-corrected chi connectivity index (χ4v) is 2.89. The van der Waals surface area contributed by atoms with Crippen molar-refractivity contribution in [1.29, 1.82) is 0 Å². The Morgan fingerprint density at radius 3 is 1.55 bits per heavy atom. The molecule has 0 amide bonds.